The number of Topliss-reactive ketones (excluding diaryl/α,β-unsaturated/α-hetero) is 1. The van der Waals surface area contributed by atoms with Crippen molar-refractivity contribution in [1.82, 2.24) is 0 Å². The molecule has 0 bridgehead atoms. The lowest BCUT2D eigenvalue weighted by Crippen LogP contribution is -2.14. The van der Waals surface area contributed by atoms with Gasteiger partial charge in [0.2, 0.25) is 0 Å². The van der Waals surface area contributed by atoms with E-state index >= 15 is 0 Å². The van der Waals surface area contributed by atoms with Crippen molar-refractivity contribution in [3.8, 4) is 0 Å². The van der Waals surface area contributed by atoms with E-state index in [2.05, 4.69) is 11.4 Å². The van der Waals surface area contributed by atoms with Gasteiger partial charge in [-0.2, -0.15) is 0 Å². The van der Waals surface area contributed by atoms with Crippen LogP contribution in [0.2, 0.25) is 0 Å². The summed E-state index contributed by atoms with van der Waals surface area (Å²) in [5, 5.41) is 3.34. The van der Waals surface area contributed by atoms with Crippen molar-refractivity contribution in [2.75, 3.05) is 11.9 Å². The second-order valence-electron chi connectivity index (χ2n) is 3.81. The Morgan fingerprint density at radius 1 is 1.38 bits per heavy atom. The first kappa shape index (κ1) is 7.13. The maximum Gasteiger partial charge on any atom is 0.163 e. The molecule has 0 spiro atoms. The van der Waals surface area contributed by atoms with Crippen molar-refractivity contribution < 1.29 is 4.79 Å². The van der Waals surface area contributed by atoms with Crippen molar-refractivity contribution in [2.24, 2.45) is 0 Å². The Morgan fingerprint density at radius 3 is 3.23 bits per heavy atom. The third-order valence-corrected chi connectivity index (χ3v) is 3.05. The zero-order valence-electron chi connectivity index (χ0n) is 7.34. The molecule has 1 N–H and O–H groups in total. The molecule has 2 aliphatic rings. The van der Waals surface area contributed by atoms with Gasteiger partial charge >= 0.3 is 0 Å². The van der Waals surface area contributed by atoms with E-state index in [0.717, 1.165) is 24.9 Å². The second-order valence-corrected chi connectivity index (χ2v) is 3.81. The van der Waals surface area contributed by atoms with Crippen molar-refractivity contribution in [1.29, 1.82) is 0 Å². The van der Waals surface area contributed by atoms with Gasteiger partial charge < -0.3 is 5.32 Å². The molecule has 0 aromatic heterocycles. The van der Waals surface area contributed by atoms with Crippen LogP contribution in [-0.2, 0) is 0 Å². The first-order valence-corrected chi connectivity index (χ1v) is 4.76. The van der Waals surface area contributed by atoms with Crippen LogP contribution < -0.4 is 5.32 Å². The highest BCUT2D eigenvalue weighted by Crippen LogP contribution is 2.42. The maximum atomic E-state index is 11.6. The Bertz CT molecular complexity index is 384. The van der Waals surface area contributed by atoms with Crippen molar-refractivity contribution in [3.05, 3.63) is 29.3 Å². The predicted octanol–water partition coefficient (Wildman–Crippen LogP) is 2.17. The number of ketones is 1. The molecule has 0 fully saturated rings. The molecule has 1 unspecified atom stereocenters. The average Bonchev–Trinajstić information content (AvgIpc) is 2.47. The highest BCUT2D eigenvalue weighted by molar-refractivity contribution is 6.03. The third kappa shape index (κ3) is 0.857. The first-order valence-electron chi connectivity index (χ1n) is 4.76. The van der Waals surface area contributed by atoms with Crippen LogP contribution >= 0.6 is 0 Å². The Morgan fingerprint density at radius 2 is 2.31 bits per heavy atom. The quantitative estimate of drug-likeness (QED) is 0.651. The summed E-state index contributed by atoms with van der Waals surface area (Å²) in [5.74, 6) is 0.825. The zero-order valence-corrected chi connectivity index (χ0v) is 7.34. The molecule has 1 heterocycles. The van der Waals surface area contributed by atoms with Crippen LogP contribution in [0.3, 0.4) is 0 Å². The van der Waals surface area contributed by atoms with Gasteiger partial charge in [0.05, 0.1) is 0 Å². The molecule has 13 heavy (non-hydrogen) atoms. The summed E-state index contributed by atoms with van der Waals surface area (Å²) in [6.07, 6.45) is 1.84. The number of carbonyl (C=O) groups excluding carboxylic acids is 1. The Kier molecular flexibility index (Phi) is 1.29. The monoisotopic (exact) mass is 173 g/mol. The fourth-order valence-corrected chi connectivity index (χ4v) is 2.47. The normalized spacial score (nSPS) is 24.0. The molecule has 1 aromatic rings. The smallest absolute Gasteiger partial charge is 0.163 e. The molecule has 0 radical (unpaired) electrons. The highest BCUT2D eigenvalue weighted by Gasteiger charge is 2.33. The minimum Gasteiger partial charge on any atom is -0.385 e. The summed E-state index contributed by atoms with van der Waals surface area (Å²) >= 11 is 0. The molecule has 0 saturated carbocycles. The largest absolute Gasteiger partial charge is 0.385 e. The van der Waals surface area contributed by atoms with E-state index in [-0.39, 0.29) is 0 Å². The molecule has 1 atom stereocenters. The lowest BCUT2D eigenvalue weighted by atomic mass is 9.93. The molecule has 1 aliphatic carbocycles. The van der Waals surface area contributed by atoms with Crippen LogP contribution in [-0.4, -0.2) is 12.3 Å². The van der Waals surface area contributed by atoms with Crippen LogP contribution in [0.4, 0.5) is 5.69 Å². The highest BCUT2D eigenvalue weighted by atomic mass is 16.1. The molecule has 66 valence electrons. The summed E-state index contributed by atoms with van der Waals surface area (Å²) < 4.78 is 0. The molecule has 1 aliphatic heterocycles. The summed E-state index contributed by atoms with van der Waals surface area (Å²) in [6.45, 7) is 1.01. The van der Waals surface area contributed by atoms with E-state index < -0.39 is 0 Å². The van der Waals surface area contributed by atoms with Crippen LogP contribution in [0.1, 0.15) is 34.7 Å². The molecular weight excluding hydrogens is 162 g/mol. The first-order chi connectivity index (χ1) is 6.36. The third-order valence-electron chi connectivity index (χ3n) is 3.05. The number of hydrogen-bond acceptors (Lipinski definition) is 2. The zero-order chi connectivity index (χ0) is 8.84. The average molecular weight is 173 g/mol. The summed E-state index contributed by atoms with van der Waals surface area (Å²) in [5.41, 5.74) is 3.41. The number of nitrogens with one attached hydrogen (secondary N) is 1. The Hall–Kier alpha value is -1.31. The van der Waals surface area contributed by atoms with Gasteiger partial charge in [0.15, 0.2) is 5.78 Å². The lowest BCUT2D eigenvalue weighted by Gasteiger charge is -2.22. The molecule has 0 saturated heterocycles. The number of rotatable bonds is 0. The SMILES string of the molecule is O=C1CC2CCNc3cccc1c32. The maximum absolute atomic E-state index is 11.6. The summed E-state index contributed by atoms with van der Waals surface area (Å²) in [6, 6.07) is 5.99. The number of benzene rings is 1. The number of carbonyl (C=O) groups is 1. The Labute approximate surface area is 77.0 Å². The topological polar surface area (TPSA) is 29.1 Å². The van der Waals surface area contributed by atoms with Crippen LogP contribution in [0.5, 0.6) is 0 Å². The van der Waals surface area contributed by atoms with Crippen molar-refractivity contribution >= 4 is 11.5 Å². The minimum absolute atomic E-state index is 0.325. The van der Waals surface area contributed by atoms with Gasteiger partial charge in [0.1, 0.15) is 0 Å². The van der Waals surface area contributed by atoms with Gasteiger partial charge in [-0.25, -0.2) is 0 Å². The van der Waals surface area contributed by atoms with Crippen molar-refractivity contribution in [2.45, 2.75) is 18.8 Å². The Balaban J connectivity index is 2.28. The summed E-state index contributed by atoms with van der Waals surface area (Å²) in [7, 11) is 0. The second kappa shape index (κ2) is 2.34. The van der Waals surface area contributed by atoms with E-state index in [1.807, 2.05) is 12.1 Å². The van der Waals surface area contributed by atoms with E-state index in [9.17, 15) is 4.79 Å². The van der Waals surface area contributed by atoms with Crippen LogP contribution in [0.15, 0.2) is 18.2 Å². The molecule has 3 rings (SSSR count). The summed E-state index contributed by atoms with van der Waals surface area (Å²) in [4.78, 5) is 11.6. The van der Waals surface area contributed by atoms with E-state index in [1.54, 1.807) is 0 Å². The van der Waals surface area contributed by atoms with Crippen molar-refractivity contribution in [3.63, 3.8) is 0 Å². The molecule has 1 aromatic carbocycles. The standard InChI is InChI=1S/C11H11NO/c13-10-6-7-4-5-12-9-3-1-2-8(10)11(7)9/h1-3,7,12H,4-6H2. The van der Waals surface area contributed by atoms with Gasteiger partial charge in [0.25, 0.3) is 0 Å². The lowest BCUT2D eigenvalue weighted by molar-refractivity contribution is 0.0988. The van der Waals surface area contributed by atoms with E-state index in [1.165, 1.54) is 11.3 Å². The fourth-order valence-electron chi connectivity index (χ4n) is 2.47. The van der Waals surface area contributed by atoms with Gasteiger partial charge in [-0.05, 0) is 24.0 Å². The van der Waals surface area contributed by atoms with Gasteiger partial charge in [0, 0.05) is 24.2 Å². The molecule has 2 heteroatoms. The van der Waals surface area contributed by atoms with Gasteiger partial charge in [-0.3, -0.25) is 4.79 Å². The van der Waals surface area contributed by atoms with Crippen LogP contribution in [0.25, 0.3) is 0 Å². The number of hydrogen-bond donors (Lipinski definition) is 1. The van der Waals surface area contributed by atoms with Gasteiger partial charge in [-0.1, -0.05) is 12.1 Å². The van der Waals surface area contributed by atoms with Crippen LogP contribution in [0, 0.1) is 0 Å². The minimum atomic E-state index is 0.325. The molecular formula is C11H11NO. The van der Waals surface area contributed by atoms with Gasteiger partial charge in [-0.15, -0.1) is 0 Å². The predicted molar refractivity (Wildman–Crippen MR) is 51.2 cm³/mol. The number of anilines is 1. The fraction of sp³-hybridized carbons (Fsp3) is 0.364. The van der Waals surface area contributed by atoms with E-state index in [0.29, 0.717) is 11.7 Å². The molecule has 2 nitrogen and oxygen atoms in total. The molecule has 0 amide bonds. The van der Waals surface area contributed by atoms with E-state index in [4.69, 9.17) is 0 Å².